The molecular formula is C14H19ClO3. The maximum Gasteiger partial charge on any atom is 0.179 e. The molecule has 3 nitrogen and oxygen atoms in total. The molecule has 0 spiro atoms. The fourth-order valence-corrected chi connectivity index (χ4v) is 2.62. The van der Waals surface area contributed by atoms with Crippen LogP contribution in [0.5, 0.6) is 11.5 Å². The zero-order chi connectivity index (χ0) is 13.3. The van der Waals surface area contributed by atoms with Gasteiger partial charge in [-0.2, -0.15) is 0 Å². The summed E-state index contributed by atoms with van der Waals surface area (Å²) in [4.78, 5) is 0. The van der Waals surface area contributed by atoms with Crippen molar-refractivity contribution >= 4 is 11.6 Å². The van der Waals surface area contributed by atoms with Crippen molar-refractivity contribution in [1.29, 1.82) is 0 Å². The second kappa shape index (κ2) is 4.98. The van der Waals surface area contributed by atoms with E-state index >= 15 is 0 Å². The van der Waals surface area contributed by atoms with E-state index in [-0.39, 0.29) is 0 Å². The van der Waals surface area contributed by atoms with Crippen LogP contribution in [0.3, 0.4) is 0 Å². The third-order valence-corrected chi connectivity index (χ3v) is 3.78. The van der Waals surface area contributed by atoms with E-state index in [1.54, 1.807) is 14.2 Å². The van der Waals surface area contributed by atoms with E-state index in [0.717, 1.165) is 30.4 Å². The lowest BCUT2D eigenvalue weighted by Crippen LogP contribution is -2.13. The molecule has 4 heteroatoms. The fraction of sp³-hybridized carbons (Fsp3) is 0.571. The topological polar surface area (TPSA) is 38.7 Å². The van der Waals surface area contributed by atoms with Crippen molar-refractivity contribution in [3.63, 3.8) is 0 Å². The predicted molar refractivity (Wildman–Crippen MR) is 71.8 cm³/mol. The summed E-state index contributed by atoms with van der Waals surface area (Å²) in [5.41, 5.74) is 1.59. The largest absolute Gasteiger partial charge is 0.493 e. The Morgan fingerprint density at radius 1 is 1.28 bits per heavy atom. The fourth-order valence-electron chi connectivity index (χ4n) is 2.32. The first kappa shape index (κ1) is 13.5. The van der Waals surface area contributed by atoms with Crippen molar-refractivity contribution in [2.75, 3.05) is 14.2 Å². The van der Waals surface area contributed by atoms with Gasteiger partial charge in [-0.05, 0) is 30.9 Å². The third-order valence-electron chi connectivity index (χ3n) is 3.49. The Hall–Kier alpha value is -0.930. The molecule has 0 bridgehead atoms. The van der Waals surface area contributed by atoms with Crippen LogP contribution in [0.1, 0.15) is 30.9 Å². The number of aliphatic hydroxyl groups is 1. The van der Waals surface area contributed by atoms with Gasteiger partial charge in [0.1, 0.15) is 0 Å². The molecule has 1 saturated carbocycles. The molecule has 0 atom stereocenters. The van der Waals surface area contributed by atoms with Crippen LogP contribution in [-0.4, -0.2) is 24.9 Å². The lowest BCUT2D eigenvalue weighted by Gasteiger charge is -2.19. The molecule has 1 aromatic rings. The summed E-state index contributed by atoms with van der Waals surface area (Å²) >= 11 is 6.21. The second-order valence-electron chi connectivity index (χ2n) is 4.82. The van der Waals surface area contributed by atoms with Crippen molar-refractivity contribution in [2.45, 2.75) is 38.2 Å². The van der Waals surface area contributed by atoms with E-state index in [0.29, 0.717) is 22.9 Å². The third kappa shape index (κ3) is 2.43. The van der Waals surface area contributed by atoms with E-state index in [1.807, 2.05) is 6.07 Å². The molecule has 1 aromatic carbocycles. The molecule has 2 rings (SSSR count). The smallest absolute Gasteiger partial charge is 0.179 e. The quantitative estimate of drug-likeness (QED) is 0.894. The highest BCUT2D eigenvalue weighted by Crippen LogP contribution is 2.44. The maximum atomic E-state index is 10.1. The first-order chi connectivity index (χ1) is 8.54. The number of benzene rings is 1. The van der Waals surface area contributed by atoms with Crippen molar-refractivity contribution < 1.29 is 14.6 Å². The van der Waals surface area contributed by atoms with Crippen molar-refractivity contribution in [3.05, 3.63) is 22.2 Å². The van der Waals surface area contributed by atoms with Gasteiger partial charge in [0.15, 0.2) is 11.5 Å². The molecule has 0 radical (unpaired) electrons. The van der Waals surface area contributed by atoms with Crippen LogP contribution < -0.4 is 9.47 Å². The number of hydrogen-bond acceptors (Lipinski definition) is 3. The zero-order valence-electron chi connectivity index (χ0n) is 11.0. The summed E-state index contributed by atoms with van der Waals surface area (Å²) in [7, 11) is 3.19. The summed E-state index contributed by atoms with van der Waals surface area (Å²) in [6.45, 7) is 2.06. The van der Waals surface area contributed by atoms with Gasteiger partial charge in [-0.25, -0.2) is 0 Å². The highest BCUT2D eigenvalue weighted by atomic mass is 35.5. The van der Waals surface area contributed by atoms with Gasteiger partial charge >= 0.3 is 0 Å². The molecular weight excluding hydrogens is 252 g/mol. The van der Waals surface area contributed by atoms with Crippen molar-refractivity contribution in [2.24, 2.45) is 0 Å². The Labute approximate surface area is 113 Å². The second-order valence-corrected chi connectivity index (χ2v) is 5.22. The van der Waals surface area contributed by atoms with Crippen LogP contribution in [0.25, 0.3) is 0 Å². The number of rotatable bonds is 5. The van der Waals surface area contributed by atoms with Gasteiger partial charge in [0.2, 0.25) is 0 Å². The van der Waals surface area contributed by atoms with Gasteiger partial charge < -0.3 is 14.6 Å². The van der Waals surface area contributed by atoms with Gasteiger partial charge in [-0.3, -0.25) is 0 Å². The van der Waals surface area contributed by atoms with Gasteiger partial charge in [-0.15, -0.1) is 0 Å². The van der Waals surface area contributed by atoms with Gasteiger partial charge in [0.05, 0.1) is 24.8 Å². The first-order valence-corrected chi connectivity index (χ1v) is 6.57. The van der Waals surface area contributed by atoms with Crippen molar-refractivity contribution in [3.8, 4) is 11.5 Å². The highest BCUT2D eigenvalue weighted by Gasteiger charge is 2.41. The molecule has 0 unspecified atom stereocenters. The normalized spacial score (nSPS) is 16.5. The van der Waals surface area contributed by atoms with E-state index in [2.05, 4.69) is 6.92 Å². The highest BCUT2D eigenvalue weighted by molar-refractivity contribution is 6.32. The molecule has 0 saturated heterocycles. The lowest BCUT2D eigenvalue weighted by atomic mass is 9.97. The lowest BCUT2D eigenvalue weighted by molar-refractivity contribution is 0.150. The molecule has 1 fully saturated rings. The van der Waals surface area contributed by atoms with Crippen LogP contribution in [0.2, 0.25) is 5.02 Å². The van der Waals surface area contributed by atoms with E-state index in [9.17, 15) is 5.11 Å². The Bertz CT molecular complexity index is 453. The maximum absolute atomic E-state index is 10.1. The number of hydrogen-bond donors (Lipinski definition) is 1. The molecule has 0 aliphatic heterocycles. The Morgan fingerprint density at radius 2 is 1.89 bits per heavy atom. The SMILES string of the molecule is CCc1c(CC2(O)CC2)cc(Cl)c(OC)c1OC. The average Bonchev–Trinajstić information content (AvgIpc) is 3.06. The molecule has 1 aliphatic rings. The molecule has 1 aliphatic carbocycles. The summed E-state index contributed by atoms with van der Waals surface area (Å²) in [5, 5.41) is 10.6. The van der Waals surface area contributed by atoms with Crippen LogP contribution in [0.15, 0.2) is 6.07 Å². The summed E-state index contributed by atoms with van der Waals surface area (Å²) in [5.74, 6) is 1.26. The Balaban J connectivity index is 2.48. The predicted octanol–water partition coefficient (Wildman–Crippen LogP) is 2.99. The van der Waals surface area contributed by atoms with Gasteiger partial charge in [0.25, 0.3) is 0 Å². The number of ether oxygens (including phenoxy) is 2. The molecule has 1 N–H and O–H groups in total. The first-order valence-electron chi connectivity index (χ1n) is 6.19. The van der Waals surface area contributed by atoms with Gasteiger partial charge in [0, 0.05) is 12.0 Å². The van der Waals surface area contributed by atoms with E-state index in [4.69, 9.17) is 21.1 Å². The van der Waals surface area contributed by atoms with Crippen LogP contribution >= 0.6 is 11.6 Å². The molecule has 0 heterocycles. The zero-order valence-corrected chi connectivity index (χ0v) is 11.8. The molecule has 18 heavy (non-hydrogen) atoms. The van der Waals surface area contributed by atoms with Crippen LogP contribution in [-0.2, 0) is 12.8 Å². The molecule has 0 aromatic heterocycles. The van der Waals surface area contributed by atoms with Crippen LogP contribution in [0.4, 0.5) is 0 Å². The van der Waals surface area contributed by atoms with E-state index in [1.165, 1.54) is 0 Å². The van der Waals surface area contributed by atoms with Gasteiger partial charge in [-0.1, -0.05) is 18.5 Å². The Morgan fingerprint density at radius 3 is 2.33 bits per heavy atom. The summed E-state index contributed by atoms with van der Waals surface area (Å²) in [6, 6.07) is 1.89. The average molecular weight is 271 g/mol. The minimum Gasteiger partial charge on any atom is -0.493 e. The van der Waals surface area contributed by atoms with Crippen LogP contribution in [0, 0.1) is 0 Å². The van der Waals surface area contributed by atoms with Crippen molar-refractivity contribution in [1.82, 2.24) is 0 Å². The van der Waals surface area contributed by atoms with E-state index < -0.39 is 5.60 Å². The molecule has 0 amide bonds. The summed E-state index contributed by atoms with van der Waals surface area (Å²) < 4.78 is 10.7. The minimum absolute atomic E-state index is 0.533. The summed E-state index contributed by atoms with van der Waals surface area (Å²) in [6.07, 6.45) is 3.18. The standard InChI is InChI=1S/C14H19ClO3/c1-4-10-9(8-14(16)5-6-14)7-11(15)13(18-3)12(10)17-2/h7,16H,4-6,8H2,1-3H3. The Kier molecular flexibility index (Phi) is 3.74. The number of methoxy groups -OCH3 is 2. The molecule has 100 valence electrons. The minimum atomic E-state index is -0.535. The number of halogens is 1. The monoisotopic (exact) mass is 270 g/mol.